The molecular weight excluding hydrogens is 749 g/mol. The number of carbonyl (C=O) groups is 1. The summed E-state index contributed by atoms with van der Waals surface area (Å²) in [7, 11) is 1.47. The minimum Gasteiger partial charge on any atom is -0.496 e. The second-order valence-corrected chi connectivity index (χ2v) is 13.8. The number of esters is 1. The molecule has 4 heterocycles. The van der Waals surface area contributed by atoms with Crippen LogP contribution in [0.1, 0.15) is 35.5 Å². The molecule has 15 heteroatoms. The van der Waals surface area contributed by atoms with Gasteiger partial charge in [-0.3, -0.25) is 9.36 Å². The van der Waals surface area contributed by atoms with Gasteiger partial charge in [0.05, 0.1) is 35.2 Å². The number of nitrogens with zero attached hydrogens (tertiary/aromatic N) is 4. The van der Waals surface area contributed by atoms with Gasteiger partial charge < -0.3 is 13.9 Å². The van der Waals surface area contributed by atoms with Gasteiger partial charge in [-0.25, -0.2) is 19.8 Å². The predicted molar refractivity (Wildman–Crippen MR) is 194 cm³/mol. The Morgan fingerprint density at radius 1 is 1.00 bits per heavy atom. The molecule has 0 radical (unpaired) electrons. The van der Waals surface area contributed by atoms with Crippen molar-refractivity contribution in [3.05, 3.63) is 150 Å². The van der Waals surface area contributed by atoms with Crippen molar-refractivity contribution < 1.29 is 31.9 Å². The second kappa shape index (κ2) is 14.9. The number of alkyl halides is 3. The molecule has 1 aliphatic heterocycles. The number of carbonyl (C=O) groups excluding carboxylic acids is 1. The van der Waals surface area contributed by atoms with Gasteiger partial charge in [-0.05, 0) is 55.1 Å². The molecule has 6 aromatic rings. The van der Waals surface area contributed by atoms with Crippen molar-refractivity contribution >= 4 is 52.4 Å². The molecule has 0 N–H and O–H groups in total. The fourth-order valence-corrected chi connectivity index (χ4v) is 7.62. The van der Waals surface area contributed by atoms with E-state index in [1.165, 1.54) is 17.8 Å². The van der Waals surface area contributed by atoms with E-state index in [2.05, 4.69) is 9.97 Å². The first kappa shape index (κ1) is 35.9. The molecule has 0 fully saturated rings. The molecule has 0 amide bonds. The number of halogens is 4. The van der Waals surface area contributed by atoms with Gasteiger partial charge in [0.1, 0.15) is 23.2 Å². The van der Waals surface area contributed by atoms with Gasteiger partial charge in [0.15, 0.2) is 15.1 Å². The lowest BCUT2D eigenvalue weighted by atomic mass is 9.92. The third-order valence-corrected chi connectivity index (χ3v) is 10.00. The Hall–Kier alpha value is -5.44. The maximum absolute atomic E-state index is 14.3. The number of rotatable bonds is 9. The summed E-state index contributed by atoms with van der Waals surface area (Å²) >= 11 is 8.34. The highest BCUT2D eigenvalue weighted by Crippen LogP contribution is 2.40. The number of aromatic nitrogens is 3. The molecule has 0 saturated heterocycles. The number of benzene rings is 3. The molecule has 3 aromatic heterocycles. The van der Waals surface area contributed by atoms with Crippen molar-refractivity contribution in [2.75, 3.05) is 13.7 Å². The van der Waals surface area contributed by atoms with Gasteiger partial charge in [0.25, 0.3) is 5.56 Å². The summed E-state index contributed by atoms with van der Waals surface area (Å²) in [5.41, 5.74) is 0.505. The van der Waals surface area contributed by atoms with Crippen LogP contribution in [0.3, 0.4) is 0 Å². The van der Waals surface area contributed by atoms with Crippen LogP contribution in [0.25, 0.3) is 23.0 Å². The lowest BCUT2D eigenvalue weighted by molar-refractivity contribution is -0.141. The first-order valence-electron chi connectivity index (χ1n) is 16.0. The van der Waals surface area contributed by atoms with Crippen molar-refractivity contribution in [3.8, 4) is 17.0 Å². The number of ether oxygens (including phenoxy) is 2. The fraction of sp³-hybridized carbons (Fsp3) is 0.132. The monoisotopic (exact) mass is 774 g/mol. The quantitative estimate of drug-likeness (QED) is 0.108. The van der Waals surface area contributed by atoms with Crippen molar-refractivity contribution in [2.24, 2.45) is 4.99 Å². The van der Waals surface area contributed by atoms with Crippen molar-refractivity contribution in [2.45, 2.75) is 29.4 Å². The number of thiazole rings is 1. The highest BCUT2D eigenvalue weighted by molar-refractivity contribution is 7.99. The van der Waals surface area contributed by atoms with E-state index < -0.39 is 29.4 Å². The Balaban J connectivity index is 1.34. The van der Waals surface area contributed by atoms with E-state index in [0.717, 1.165) is 29.2 Å². The van der Waals surface area contributed by atoms with Crippen LogP contribution in [0, 0.1) is 0 Å². The van der Waals surface area contributed by atoms with E-state index in [9.17, 15) is 22.8 Å². The number of hydrogen-bond donors (Lipinski definition) is 0. The van der Waals surface area contributed by atoms with Gasteiger partial charge in [-0.1, -0.05) is 83.6 Å². The number of fused-ring (bicyclic) bond motifs is 1. The highest BCUT2D eigenvalue weighted by atomic mass is 35.5. The zero-order valence-electron chi connectivity index (χ0n) is 27.8. The van der Waals surface area contributed by atoms with E-state index in [0.29, 0.717) is 33.2 Å². The van der Waals surface area contributed by atoms with Crippen LogP contribution in [-0.4, -0.2) is 34.2 Å². The van der Waals surface area contributed by atoms with Gasteiger partial charge in [0, 0.05) is 27.8 Å². The van der Waals surface area contributed by atoms with Gasteiger partial charge in [0.2, 0.25) is 0 Å². The van der Waals surface area contributed by atoms with E-state index in [1.807, 2.05) is 18.2 Å². The standard InChI is InChI=1S/C38H26ClF3N4O5S2/c1-3-50-35(48)31-32(22-12-8-5-9-13-22)45-37-46(33(31)25-18-23(39)14-16-27(25)49-2)34(47)28(52-37)19-24-15-17-30(51-24)53-36-43-26(21-10-6-4-7-11-21)20-29(44-36)38(40,41)42/h4-20,33H,3H2,1-2H3/b28-19-/t33-/m0/s1. The molecule has 1 atom stereocenters. The molecular formula is C38H26ClF3N4O5S2. The van der Waals surface area contributed by atoms with Crippen molar-refractivity contribution in [3.63, 3.8) is 0 Å². The van der Waals surface area contributed by atoms with E-state index in [1.54, 1.807) is 79.7 Å². The van der Waals surface area contributed by atoms with Crippen LogP contribution < -0.4 is 19.6 Å². The largest absolute Gasteiger partial charge is 0.496 e. The fourth-order valence-electron chi connectivity index (χ4n) is 5.71. The van der Waals surface area contributed by atoms with Crippen LogP contribution in [0.5, 0.6) is 5.75 Å². The first-order chi connectivity index (χ1) is 25.5. The summed E-state index contributed by atoms with van der Waals surface area (Å²) in [5, 5.41) is 0.375. The lowest BCUT2D eigenvalue weighted by Gasteiger charge is -2.27. The maximum atomic E-state index is 14.3. The van der Waals surface area contributed by atoms with Crippen LogP contribution in [0.15, 0.2) is 127 Å². The predicted octanol–water partition coefficient (Wildman–Crippen LogP) is 7.82. The zero-order valence-corrected chi connectivity index (χ0v) is 30.1. The average molecular weight is 775 g/mol. The number of furan rings is 1. The minimum absolute atomic E-state index is 0.0756. The molecule has 3 aromatic carbocycles. The molecule has 0 aliphatic carbocycles. The van der Waals surface area contributed by atoms with E-state index in [4.69, 9.17) is 30.5 Å². The second-order valence-electron chi connectivity index (χ2n) is 11.4. The molecule has 9 nitrogen and oxygen atoms in total. The Morgan fingerprint density at radius 2 is 1.72 bits per heavy atom. The summed E-state index contributed by atoms with van der Waals surface area (Å²) in [6.45, 7) is 1.76. The highest BCUT2D eigenvalue weighted by Gasteiger charge is 2.37. The van der Waals surface area contributed by atoms with E-state index in [-0.39, 0.29) is 43.2 Å². The maximum Gasteiger partial charge on any atom is 0.433 e. The molecule has 0 saturated carbocycles. The molecule has 0 unspecified atom stereocenters. The SMILES string of the molecule is CCOC(=O)C1=C(c2ccccc2)N=c2s/c(=C\c3ccc(Sc4nc(-c5ccccc5)cc(C(F)(F)F)n4)o3)c(=O)n2[C@H]1c1cc(Cl)ccc1OC. The average Bonchev–Trinajstić information content (AvgIpc) is 3.73. The van der Waals surface area contributed by atoms with Crippen molar-refractivity contribution in [1.29, 1.82) is 0 Å². The number of methoxy groups -OCH3 is 1. The van der Waals surface area contributed by atoms with Gasteiger partial charge in [-0.2, -0.15) is 13.2 Å². The summed E-state index contributed by atoms with van der Waals surface area (Å²) in [4.78, 5) is 41.3. The molecule has 0 spiro atoms. The van der Waals surface area contributed by atoms with Gasteiger partial charge in [-0.15, -0.1) is 0 Å². The molecule has 7 rings (SSSR count). The molecule has 53 heavy (non-hydrogen) atoms. The van der Waals surface area contributed by atoms with Crippen LogP contribution in [-0.2, 0) is 15.7 Å². The third kappa shape index (κ3) is 7.43. The number of hydrogen-bond acceptors (Lipinski definition) is 10. The zero-order chi connectivity index (χ0) is 37.3. The normalized spacial score (nSPS) is 14.5. The minimum atomic E-state index is -4.70. The van der Waals surface area contributed by atoms with Crippen LogP contribution in [0.4, 0.5) is 13.2 Å². The topological polar surface area (TPSA) is 109 Å². The lowest BCUT2D eigenvalue weighted by Crippen LogP contribution is -2.40. The summed E-state index contributed by atoms with van der Waals surface area (Å²) < 4.78 is 60.1. The summed E-state index contributed by atoms with van der Waals surface area (Å²) in [5.74, 6) is -0.0563. The summed E-state index contributed by atoms with van der Waals surface area (Å²) in [6, 6.07) is 25.4. The van der Waals surface area contributed by atoms with Gasteiger partial charge >= 0.3 is 12.1 Å². The Kier molecular flexibility index (Phi) is 10.1. The van der Waals surface area contributed by atoms with E-state index >= 15 is 0 Å². The molecule has 0 bridgehead atoms. The molecule has 1 aliphatic rings. The van der Waals surface area contributed by atoms with Crippen LogP contribution >= 0.6 is 34.7 Å². The molecule has 268 valence electrons. The Morgan fingerprint density at radius 3 is 2.40 bits per heavy atom. The Bertz CT molecular complexity index is 2550. The smallest absolute Gasteiger partial charge is 0.433 e. The van der Waals surface area contributed by atoms with Crippen LogP contribution in [0.2, 0.25) is 5.02 Å². The first-order valence-corrected chi connectivity index (χ1v) is 18.0. The van der Waals surface area contributed by atoms with Crippen molar-refractivity contribution in [1.82, 2.24) is 14.5 Å². The third-order valence-electron chi connectivity index (χ3n) is 7.99. The Labute approximate surface area is 312 Å². The summed E-state index contributed by atoms with van der Waals surface area (Å²) in [6.07, 6.45) is -3.20.